The van der Waals surface area contributed by atoms with Gasteiger partial charge in [-0.25, -0.2) is 0 Å². The molecule has 0 N–H and O–H groups in total. The van der Waals surface area contributed by atoms with Crippen LogP contribution < -0.4 is 0 Å². The van der Waals surface area contributed by atoms with Crippen LogP contribution in [0, 0.1) is 29.3 Å². The summed E-state index contributed by atoms with van der Waals surface area (Å²) in [4.78, 5) is 24.4. The van der Waals surface area contributed by atoms with Crippen LogP contribution in [-0.2, 0) is 14.3 Å². The zero-order chi connectivity index (χ0) is 14.2. The third-order valence-corrected chi connectivity index (χ3v) is 4.86. The molecule has 0 amide bonds. The number of hydrogen-bond acceptors (Lipinski definition) is 3. The van der Waals surface area contributed by atoms with Crippen molar-refractivity contribution in [3.05, 3.63) is 6.10 Å². The van der Waals surface area contributed by atoms with E-state index in [2.05, 4.69) is 13.8 Å². The van der Waals surface area contributed by atoms with Crippen LogP contribution in [0.15, 0.2) is 0 Å². The monoisotopic (exact) mass is 265 g/mol. The molecule has 0 bridgehead atoms. The molecule has 3 heteroatoms. The third kappa shape index (κ3) is 2.56. The minimum Gasteiger partial charge on any atom is -0.454 e. The maximum Gasteiger partial charge on any atom is 0.310 e. The minimum atomic E-state index is -0.207. The number of unbranched alkanes of at least 4 members (excludes halogenated alkanes) is 1. The fourth-order valence-electron chi connectivity index (χ4n) is 3.46. The molecular weight excluding hydrogens is 240 g/mol. The summed E-state index contributed by atoms with van der Waals surface area (Å²) in [5, 5.41) is 0. The van der Waals surface area contributed by atoms with Gasteiger partial charge in [-0.15, -0.1) is 0 Å². The number of fused-ring (bicyclic) bond motifs is 1. The third-order valence-electron chi connectivity index (χ3n) is 4.86. The second-order valence-corrected chi connectivity index (χ2v) is 6.55. The van der Waals surface area contributed by atoms with Gasteiger partial charge in [0, 0.05) is 11.8 Å². The van der Waals surface area contributed by atoms with E-state index in [-0.39, 0.29) is 34.9 Å². The number of Topliss-reactive ketones (excluding diaryl/α,β-unsaturated/α-hetero) is 1. The Labute approximate surface area is 116 Å². The van der Waals surface area contributed by atoms with Crippen LogP contribution in [0.2, 0.25) is 0 Å². The number of hydrogen-bond donors (Lipinski definition) is 0. The number of rotatable bonds is 5. The van der Waals surface area contributed by atoms with Crippen LogP contribution in [0.25, 0.3) is 0 Å². The van der Waals surface area contributed by atoms with Crippen LogP contribution in [0.1, 0.15) is 59.8 Å². The molecule has 1 heterocycles. The summed E-state index contributed by atoms with van der Waals surface area (Å²) in [5.41, 5.74) is -0.190. The van der Waals surface area contributed by atoms with Gasteiger partial charge in [0.1, 0.15) is 5.78 Å². The smallest absolute Gasteiger partial charge is 0.310 e. The Bertz CT molecular complexity index is 346. The maximum absolute atomic E-state index is 12.3. The van der Waals surface area contributed by atoms with E-state index in [9.17, 15) is 9.59 Å². The average Bonchev–Trinajstić information content (AvgIpc) is 2.95. The molecule has 0 aromatic carbocycles. The Kier molecular flexibility index (Phi) is 4.03. The highest BCUT2D eigenvalue weighted by Gasteiger charge is 2.67. The van der Waals surface area contributed by atoms with Gasteiger partial charge < -0.3 is 4.74 Å². The van der Waals surface area contributed by atoms with Crippen molar-refractivity contribution >= 4 is 11.8 Å². The van der Waals surface area contributed by atoms with E-state index < -0.39 is 0 Å². The molecule has 3 atom stereocenters. The first kappa shape index (κ1) is 14.5. The molecule has 1 saturated heterocycles. The standard InChI is InChI=1S/C16H25O3/c1-5-7-8-10(6-2)12-9-11(17)13-14(15(18)19-12)16(13,3)4/h10,13-14H,5-9H2,1-4H3. The summed E-state index contributed by atoms with van der Waals surface area (Å²) >= 11 is 0. The second kappa shape index (κ2) is 5.26. The molecular formula is C16H25O3. The van der Waals surface area contributed by atoms with Gasteiger partial charge in [-0.2, -0.15) is 0 Å². The summed E-state index contributed by atoms with van der Waals surface area (Å²) in [7, 11) is 0. The largest absolute Gasteiger partial charge is 0.454 e. The second-order valence-electron chi connectivity index (χ2n) is 6.55. The minimum absolute atomic E-state index is 0.110. The molecule has 3 unspecified atom stereocenters. The van der Waals surface area contributed by atoms with Gasteiger partial charge in [0.15, 0.2) is 6.10 Å². The van der Waals surface area contributed by atoms with Crippen LogP contribution >= 0.6 is 0 Å². The first-order chi connectivity index (χ1) is 8.93. The molecule has 2 fully saturated rings. The number of esters is 1. The maximum atomic E-state index is 12.3. The van der Waals surface area contributed by atoms with Crippen molar-refractivity contribution < 1.29 is 14.3 Å². The fourth-order valence-corrected chi connectivity index (χ4v) is 3.46. The van der Waals surface area contributed by atoms with Gasteiger partial charge in [0.2, 0.25) is 0 Å². The molecule has 1 aliphatic heterocycles. The van der Waals surface area contributed by atoms with E-state index in [0.717, 1.165) is 31.8 Å². The molecule has 3 nitrogen and oxygen atoms in total. The fraction of sp³-hybridized carbons (Fsp3) is 0.812. The number of carbonyl (C=O) groups is 2. The van der Waals surface area contributed by atoms with E-state index >= 15 is 0 Å². The number of carbonyl (C=O) groups excluding carboxylic acids is 2. The molecule has 19 heavy (non-hydrogen) atoms. The van der Waals surface area contributed by atoms with Crippen LogP contribution in [0.5, 0.6) is 0 Å². The summed E-state index contributed by atoms with van der Waals surface area (Å²) < 4.78 is 5.58. The van der Waals surface area contributed by atoms with Crippen molar-refractivity contribution in [1.29, 1.82) is 0 Å². The topological polar surface area (TPSA) is 43.4 Å². The summed E-state index contributed by atoms with van der Waals surface area (Å²) in [6, 6.07) is 0. The van der Waals surface area contributed by atoms with Crippen molar-refractivity contribution in [3.63, 3.8) is 0 Å². The molecule has 1 saturated carbocycles. The van der Waals surface area contributed by atoms with Crippen LogP contribution in [-0.4, -0.2) is 11.8 Å². The lowest BCUT2D eigenvalue weighted by molar-refractivity contribution is -0.146. The highest BCUT2D eigenvalue weighted by molar-refractivity contribution is 5.96. The van der Waals surface area contributed by atoms with Gasteiger partial charge in [0.05, 0.1) is 12.3 Å². The number of ketones is 1. The molecule has 0 aromatic rings. The predicted molar refractivity (Wildman–Crippen MR) is 73.0 cm³/mol. The highest BCUT2D eigenvalue weighted by Crippen LogP contribution is 2.61. The SMILES string of the molecule is CCCCC(CC)[C]1CC(=O)C2C(C(=O)O1)C2(C)C. The van der Waals surface area contributed by atoms with Crippen LogP contribution in [0.4, 0.5) is 0 Å². The Morgan fingerprint density at radius 1 is 1.26 bits per heavy atom. The number of ether oxygens (including phenoxy) is 1. The first-order valence-electron chi connectivity index (χ1n) is 7.53. The zero-order valence-corrected chi connectivity index (χ0v) is 12.5. The molecule has 0 aromatic heterocycles. The van der Waals surface area contributed by atoms with E-state index in [1.807, 2.05) is 13.8 Å². The molecule has 1 aliphatic carbocycles. The molecule has 1 radical (unpaired) electrons. The molecule has 2 aliphatic rings. The Balaban J connectivity index is 2.06. The Morgan fingerprint density at radius 2 is 1.95 bits per heavy atom. The predicted octanol–water partition coefficient (Wildman–Crippen LogP) is 3.52. The van der Waals surface area contributed by atoms with Crippen molar-refractivity contribution in [1.82, 2.24) is 0 Å². The quantitative estimate of drug-likeness (QED) is 0.714. The van der Waals surface area contributed by atoms with Gasteiger partial charge in [0.25, 0.3) is 0 Å². The van der Waals surface area contributed by atoms with E-state index in [1.54, 1.807) is 0 Å². The first-order valence-corrected chi connectivity index (χ1v) is 7.53. The lowest BCUT2D eigenvalue weighted by atomic mass is 9.89. The normalized spacial score (nSPS) is 31.4. The van der Waals surface area contributed by atoms with Gasteiger partial charge >= 0.3 is 5.97 Å². The van der Waals surface area contributed by atoms with Gasteiger partial charge in [-0.1, -0.05) is 40.5 Å². The summed E-state index contributed by atoms with van der Waals surface area (Å²) in [6.45, 7) is 8.22. The van der Waals surface area contributed by atoms with E-state index in [1.165, 1.54) is 0 Å². The molecule has 2 rings (SSSR count). The van der Waals surface area contributed by atoms with Crippen molar-refractivity contribution in [2.45, 2.75) is 59.8 Å². The Hall–Kier alpha value is -0.860. The van der Waals surface area contributed by atoms with Crippen molar-refractivity contribution in [2.75, 3.05) is 0 Å². The van der Waals surface area contributed by atoms with Gasteiger partial charge in [-0.3, -0.25) is 9.59 Å². The van der Waals surface area contributed by atoms with Crippen molar-refractivity contribution in [3.8, 4) is 0 Å². The van der Waals surface area contributed by atoms with Gasteiger partial charge in [-0.05, 0) is 18.3 Å². The van der Waals surface area contributed by atoms with Crippen molar-refractivity contribution in [2.24, 2.45) is 23.2 Å². The van der Waals surface area contributed by atoms with E-state index in [0.29, 0.717) is 6.42 Å². The average molecular weight is 265 g/mol. The highest BCUT2D eigenvalue weighted by atomic mass is 16.5. The Morgan fingerprint density at radius 3 is 2.53 bits per heavy atom. The summed E-state index contributed by atoms with van der Waals surface area (Å²) in [5.74, 6) is -0.0348. The zero-order valence-electron chi connectivity index (χ0n) is 12.5. The van der Waals surface area contributed by atoms with Crippen LogP contribution in [0.3, 0.4) is 0 Å². The molecule has 107 valence electrons. The lowest BCUT2D eigenvalue weighted by Gasteiger charge is -2.24. The van der Waals surface area contributed by atoms with E-state index in [4.69, 9.17) is 4.74 Å². The molecule has 0 spiro atoms. The summed E-state index contributed by atoms with van der Waals surface area (Å²) in [6.07, 6.45) is 5.28. The lowest BCUT2D eigenvalue weighted by Crippen LogP contribution is -2.22. The number of cyclic esters (lactones) is 1.